The van der Waals surface area contributed by atoms with Gasteiger partial charge in [0.2, 0.25) is 0 Å². The molecule has 0 amide bonds. The molecule has 0 bridgehead atoms. The van der Waals surface area contributed by atoms with Crippen LogP contribution in [0.1, 0.15) is 90.6 Å². The van der Waals surface area contributed by atoms with Gasteiger partial charge in [-0.05, 0) is 47.6 Å². The number of esters is 2. The zero-order chi connectivity index (χ0) is 32.8. The van der Waals surface area contributed by atoms with Crippen LogP contribution >= 0.6 is 0 Å². The van der Waals surface area contributed by atoms with Crippen molar-refractivity contribution in [2.75, 3.05) is 14.2 Å². The third-order valence-electron chi connectivity index (χ3n) is 8.55. The standard InChI is InChI=1S/C35H48O8/c1-11-25(30(37)38)34(5,6)21-27(35(7,8)20-26(31(39)42-10)33(2,3)4)32(40)43-28-19-23(41-9)17-18-24(28)29(36)22-15-13-12-14-16-22/h12-19,25-27H,11,20-21H2,1-10H3,(H,37,38). The molecule has 0 fully saturated rings. The molecule has 43 heavy (non-hydrogen) atoms. The molecular weight excluding hydrogens is 548 g/mol. The van der Waals surface area contributed by atoms with Crippen LogP contribution in [0, 0.1) is 34.0 Å². The van der Waals surface area contributed by atoms with Crippen LogP contribution in [0.5, 0.6) is 11.5 Å². The van der Waals surface area contributed by atoms with Crippen molar-refractivity contribution in [1.29, 1.82) is 0 Å². The van der Waals surface area contributed by atoms with Gasteiger partial charge in [0.15, 0.2) is 5.78 Å². The molecule has 8 heteroatoms. The van der Waals surface area contributed by atoms with Crippen LogP contribution in [0.2, 0.25) is 0 Å². The lowest BCUT2D eigenvalue weighted by Crippen LogP contribution is -2.44. The Balaban J connectivity index is 2.64. The molecule has 0 heterocycles. The van der Waals surface area contributed by atoms with E-state index in [-0.39, 0.29) is 35.9 Å². The topological polar surface area (TPSA) is 116 Å². The van der Waals surface area contributed by atoms with E-state index >= 15 is 0 Å². The van der Waals surface area contributed by atoms with Gasteiger partial charge in [0.05, 0.1) is 37.5 Å². The highest BCUT2D eigenvalue weighted by Gasteiger charge is 2.47. The number of carboxylic acids is 1. The summed E-state index contributed by atoms with van der Waals surface area (Å²) in [5, 5.41) is 9.99. The quantitative estimate of drug-likeness (QED) is 0.138. The Kier molecular flexibility index (Phi) is 11.7. The van der Waals surface area contributed by atoms with Gasteiger partial charge in [0.1, 0.15) is 11.5 Å². The molecule has 0 saturated carbocycles. The Bertz CT molecular complexity index is 1290. The summed E-state index contributed by atoms with van der Waals surface area (Å²) >= 11 is 0. The number of ether oxygens (including phenoxy) is 3. The van der Waals surface area contributed by atoms with Crippen LogP contribution in [0.25, 0.3) is 0 Å². The van der Waals surface area contributed by atoms with E-state index in [0.717, 1.165) is 0 Å². The van der Waals surface area contributed by atoms with Gasteiger partial charge in [0, 0.05) is 11.6 Å². The molecule has 236 valence electrons. The fraction of sp³-hybridized carbons (Fsp3) is 0.543. The summed E-state index contributed by atoms with van der Waals surface area (Å²) < 4.78 is 16.6. The summed E-state index contributed by atoms with van der Waals surface area (Å²) in [5.74, 6) is -3.92. The first-order valence-electron chi connectivity index (χ1n) is 14.7. The zero-order valence-electron chi connectivity index (χ0n) is 27.3. The number of ketones is 1. The average Bonchev–Trinajstić information content (AvgIpc) is 2.93. The van der Waals surface area contributed by atoms with Crippen LogP contribution in [0.3, 0.4) is 0 Å². The molecule has 3 atom stereocenters. The van der Waals surface area contributed by atoms with E-state index in [2.05, 4.69) is 0 Å². The lowest BCUT2D eigenvalue weighted by atomic mass is 9.61. The second kappa shape index (κ2) is 14.2. The maximum atomic E-state index is 14.3. The van der Waals surface area contributed by atoms with E-state index in [4.69, 9.17) is 14.2 Å². The third kappa shape index (κ3) is 8.91. The molecule has 0 spiro atoms. The van der Waals surface area contributed by atoms with Crippen molar-refractivity contribution in [3.05, 3.63) is 59.7 Å². The van der Waals surface area contributed by atoms with Crippen molar-refractivity contribution >= 4 is 23.7 Å². The molecule has 8 nitrogen and oxygen atoms in total. The molecule has 2 rings (SSSR count). The number of aliphatic carboxylic acids is 1. The zero-order valence-corrected chi connectivity index (χ0v) is 27.3. The van der Waals surface area contributed by atoms with Crippen molar-refractivity contribution < 1.29 is 38.5 Å². The maximum absolute atomic E-state index is 14.3. The first-order valence-corrected chi connectivity index (χ1v) is 14.7. The van der Waals surface area contributed by atoms with Crippen LogP contribution in [0.15, 0.2) is 48.5 Å². The highest BCUT2D eigenvalue weighted by molar-refractivity contribution is 6.11. The number of carbonyl (C=O) groups is 4. The molecule has 0 radical (unpaired) electrons. The second-order valence-electron chi connectivity index (χ2n) is 13.7. The van der Waals surface area contributed by atoms with Gasteiger partial charge in [-0.25, -0.2) is 0 Å². The minimum Gasteiger partial charge on any atom is -0.497 e. The van der Waals surface area contributed by atoms with Crippen molar-refractivity contribution in [3.8, 4) is 11.5 Å². The summed E-state index contributed by atoms with van der Waals surface area (Å²) in [7, 11) is 2.82. The minimum atomic E-state index is -0.942. The lowest BCUT2D eigenvalue weighted by molar-refractivity contribution is -0.156. The fourth-order valence-corrected chi connectivity index (χ4v) is 5.79. The molecule has 1 N–H and O–H groups in total. The van der Waals surface area contributed by atoms with Crippen LogP contribution in [-0.2, 0) is 19.1 Å². The minimum absolute atomic E-state index is 0.0439. The smallest absolute Gasteiger partial charge is 0.314 e. The Morgan fingerprint density at radius 1 is 0.767 bits per heavy atom. The summed E-state index contributed by atoms with van der Waals surface area (Å²) in [6, 6.07) is 13.4. The average molecular weight is 597 g/mol. The predicted octanol–water partition coefficient (Wildman–Crippen LogP) is 7.23. The second-order valence-corrected chi connectivity index (χ2v) is 13.7. The van der Waals surface area contributed by atoms with E-state index in [1.807, 2.05) is 55.4 Å². The number of rotatable bonds is 14. The number of methoxy groups -OCH3 is 2. The van der Waals surface area contributed by atoms with Gasteiger partial charge < -0.3 is 19.3 Å². The molecule has 2 aromatic carbocycles. The van der Waals surface area contributed by atoms with Crippen molar-refractivity contribution in [2.24, 2.45) is 34.0 Å². The van der Waals surface area contributed by atoms with Crippen LogP contribution in [-0.4, -0.2) is 43.0 Å². The molecule has 0 saturated heterocycles. The lowest BCUT2D eigenvalue weighted by Gasteiger charge is -2.42. The monoisotopic (exact) mass is 596 g/mol. The molecule has 0 aliphatic heterocycles. The number of benzene rings is 2. The first-order chi connectivity index (χ1) is 19.9. The SMILES string of the molecule is CCC(C(=O)O)C(C)(C)CC(C(=O)Oc1cc(OC)ccc1C(=O)c1ccccc1)C(C)(C)CC(C(=O)OC)C(C)(C)C. The maximum Gasteiger partial charge on any atom is 0.314 e. The van der Waals surface area contributed by atoms with Gasteiger partial charge in [-0.2, -0.15) is 0 Å². The summed E-state index contributed by atoms with van der Waals surface area (Å²) in [6.07, 6.45) is 0.841. The number of hydrogen-bond donors (Lipinski definition) is 1. The van der Waals surface area contributed by atoms with E-state index in [9.17, 15) is 24.3 Å². The Hall–Kier alpha value is -3.68. The van der Waals surface area contributed by atoms with E-state index < -0.39 is 45.9 Å². The van der Waals surface area contributed by atoms with Crippen LogP contribution < -0.4 is 9.47 Å². The van der Waals surface area contributed by atoms with Gasteiger partial charge in [-0.3, -0.25) is 19.2 Å². The van der Waals surface area contributed by atoms with Gasteiger partial charge in [-0.15, -0.1) is 0 Å². The Morgan fingerprint density at radius 3 is 1.81 bits per heavy atom. The molecule has 0 aromatic heterocycles. The largest absolute Gasteiger partial charge is 0.497 e. The number of carboxylic acid groups (broad SMARTS) is 1. The van der Waals surface area contributed by atoms with Gasteiger partial charge in [-0.1, -0.05) is 85.7 Å². The highest BCUT2D eigenvalue weighted by atomic mass is 16.5. The van der Waals surface area contributed by atoms with Gasteiger partial charge >= 0.3 is 17.9 Å². The predicted molar refractivity (Wildman–Crippen MR) is 165 cm³/mol. The molecular formula is C35H48O8. The van der Waals surface area contributed by atoms with E-state index in [0.29, 0.717) is 17.7 Å². The summed E-state index contributed by atoms with van der Waals surface area (Å²) in [4.78, 5) is 52.8. The Labute approximate surface area is 256 Å². The summed E-state index contributed by atoms with van der Waals surface area (Å²) in [5.41, 5.74) is -1.49. The van der Waals surface area contributed by atoms with E-state index in [1.54, 1.807) is 42.5 Å². The Morgan fingerprint density at radius 2 is 1.33 bits per heavy atom. The van der Waals surface area contributed by atoms with E-state index in [1.165, 1.54) is 20.3 Å². The molecule has 3 unspecified atom stereocenters. The van der Waals surface area contributed by atoms with Crippen molar-refractivity contribution in [1.82, 2.24) is 0 Å². The first kappa shape index (κ1) is 35.5. The highest BCUT2D eigenvalue weighted by Crippen LogP contribution is 2.47. The summed E-state index contributed by atoms with van der Waals surface area (Å²) in [6.45, 7) is 15.1. The molecule has 0 aliphatic rings. The normalized spacial score (nSPS) is 14.3. The fourth-order valence-electron chi connectivity index (χ4n) is 5.79. The third-order valence-corrected chi connectivity index (χ3v) is 8.55. The van der Waals surface area contributed by atoms with Crippen LogP contribution in [0.4, 0.5) is 0 Å². The number of hydrogen-bond acceptors (Lipinski definition) is 7. The molecule has 0 aliphatic carbocycles. The number of carbonyl (C=O) groups excluding carboxylic acids is 3. The van der Waals surface area contributed by atoms with Crippen molar-refractivity contribution in [2.45, 2.75) is 74.7 Å². The molecule has 2 aromatic rings. The van der Waals surface area contributed by atoms with Crippen molar-refractivity contribution in [3.63, 3.8) is 0 Å². The van der Waals surface area contributed by atoms with Gasteiger partial charge in [0.25, 0.3) is 0 Å².